The molecule has 88 valence electrons. The van der Waals surface area contributed by atoms with E-state index in [2.05, 4.69) is 31.2 Å². The van der Waals surface area contributed by atoms with Crippen molar-refractivity contribution in [3.8, 4) is 0 Å². The van der Waals surface area contributed by atoms with Crippen molar-refractivity contribution in [3.63, 3.8) is 0 Å². The lowest BCUT2D eigenvalue weighted by atomic mass is 10.3. The second-order valence-electron chi connectivity index (χ2n) is 3.53. The Bertz CT molecular complexity index is 210. The van der Waals surface area contributed by atoms with Crippen LogP contribution in [0.4, 0.5) is 0 Å². The quantitative estimate of drug-likeness (QED) is 0.289. The topological polar surface area (TPSA) is 33.6 Å². The summed E-state index contributed by atoms with van der Waals surface area (Å²) in [6.45, 7) is 9.24. The lowest BCUT2D eigenvalue weighted by Gasteiger charge is -2.08. The maximum atomic E-state index is 5.32. The minimum atomic E-state index is 0.777. The van der Waals surface area contributed by atoms with Crippen molar-refractivity contribution < 1.29 is 4.84 Å². The van der Waals surface area contributed by atoms with Crippen molar-refractivity contribution in [2.45, 2.75) is 53.4 Å². The van der Waals surface area contributed by atoms with Gasteiger partial charge in [0.05, 0.1) is 5.71 Å². The third-order valence-corrected chi connectivity index (χ3v) is 2.03. The highest BCUT2D eigenvalue weighted by Crippen LogP contribution is 1.98. The third kappa shape index (κ3) is 8.03. The molecule has 0 aliphatic heterocycles. The Labute approximate surface area is 93.6 Å². The van der Waals surface area contributed by atoms with Gasteiger partial charge >= 0.3 is 0 Å². The zero-order valence-corrected chi connectivity index (χ0v) is 10.5. The Balaban J connectivity index is 4.00. The van der Waals surface area contributed by atoms with E-state index in [-0.39, 0.29) is 0 Å². The van der Waals surface area contributed by atoms with Crippen LogP contribution in [0, 0.1) is 0 Å². The molecule has 0 fully saturated rings. The molecule has 0 aliphatic carbocycles. The molecule has 0 rings (SSSR count). The van der Waals surface area contributed by atoms with Crippen molar-refractivity contribution in [1.29, 1.82) is 0 Å². The molecule has 3 heteroatoms. The van der Waals surface area contributed by atoms with Crippen LogP contribution in [0.25, 0.3) is 0 Å². The van der Waals surface area contributed by atoms with E-state index in [1.54, 1.807) is 0 Å². The van der Waals surface area contributed by atoms with Gasteiger partial charge in [-0.15, -0.1) is 0 Å². The van der Waals surface area contributed by atoms with Gasteiger partial charge in [0, 0.05) is 6.54 Å². The van der Waals surface area contributed by atoms with Crippen LogP contribution < -0.4 is 5.32 Å². The minimum Gasteiger partial charge on any atom is -0.354 e. The standard InChI is InChI=1S/C12H24N2O/c1-5-8-10-13-12(9-6-2)15-14-11(4)7-3/h9,13H,5-8,10H2,1-4H3/b12-9+,14-11-. The monoisotopic (exact) mass is 212 g/mol. The summed E-state index contributed by atoms with van der Waals surface area (Å²) < 4.78 is 0. The average molecular weight is 212 g/mol. The molecule has 0 bridgehead atoms. The number of allylic oxidation sites excluding steroid dienone is 1. The van der Waals surface area contributed by atoms with Gasteiger partial charge < -0.3 is 10.2 Å². The Hall–Kier alpha value is -0.990. The van der Waals surface area contributed by atoms with Crippen LogP contribution in [-0.4, -0.2) is 12.3 Å². The van der Waals surface area contributed by atoms with Gasteiger partial charge in [0.25, 0.3) is 0 Å². The Morgan fingerprint density at radius 2 is 2.07 bits per heavy atom. The molecule has 0 aliphatic rings. The van der Waals surface area contributed by atoms with Crippen LogP contribution in [-0.2, 0) is 4.84 Å². The van der Waals surface area contributed by atoms with Crippen molar-refractivity contribution in [1.82, 2.24) is 5.32 Å². The maximum Gasteiger partial charge on any atom is 0.218 e. The summed E-state index contributed by atoms with van der Waals surface area (Å²) in [7, 11) is 0. The molecule has 0 aromatic carbocycles. The maximum absolute atomic E-state index is 5.32. The Morgan fingerprint density at radius 3 is 2.60 bits per heavy atom. The summed E-state index contributed by atoms with van der Waals surface area (Å²) >= 11 is 0. The van der Waals surface area contributed by atoms with Crippen molar-refractivity contribution >= 4 is 5.71 Å². The average Bonchev–Trinajstić information content (AvgIpc) is 2.25. The highest BCUT2D eigenvalue weighted by Gasteiger charge is 1.96. The molecule has 3 nitrogen and oxygen atoms in total. The predicted octanol–water partition coefficient (Wildman–Crippen LogP) is 3.43. The van der Waals surface area contributed by atoms with Crippen LogP contribution in [0.2, 0.25) is 0 Å². The highest BCUT2D eigenvalue weighted by molar-refractivity contribution is 5.80. The van der Waals surface area contributed by atoms with Gasteiger partial charge in [0.1, 0.15) is 0 Å². The van der Waals surface area contributed by atoms with Crippen LogP contribution >= 0.6 is 0 Å². The minimum absolute atomic E-state index is 0.777. The molecule has 0 heterocycles. The number of oxime groups is 1. The van der Waals surface area contributed by atoms with Gasteiger partial charge in [-0.25, -0.2) is 0 Å². The zero-order valence-electron chi connectivity index (χ0n) is 10.5. The molecule has 15 heavy (non-hydrogen) atoms. The smallest absolute Gasteiger partial charge is 0.218 e. The molecule has 0 atom stereocenters. The normalized spacial score (nSPS) is 12.8. The van der Waals surface area contributed by atoms with Gasteiger partial charge in [0.2, 0.25) is 5.88 Å². The Kier molecular flexibility index (Phi) is 8.93. The predicted molar refractivity (Wildman–Crippen MR) is 65.8 cm³/mol. The highest BCUT2D eigenvalue weighted by atomic mass is 16.6. The fraction of sp³-hybridized carbons (Fsp3) is 0.750. The largest absolute Gasteiger partial charge is 0.354 e. The van der Waals surface area contributed by atoms with Gasteiger partial charge in [-0.05, 0) is 32.3 Å². The number of hydrogen-bond donors (Lipinski definition) is 1. The SMILES string of the molecule is CC/C=C(\NCCCC)O/N=C(/C)CC. The fourth-order valence-corrected chi connectivity index (χ4v) is 0.907. The molecule has 0 saturated heterocycles. The summed E-state index contributed by atoms with van der Waals surface area (Å²) in [6.07, 6.45) is 6.23. The molecule has 0 unspecified atom stereocenters. The first-order valence-electron chi connectivity index (χ1n) is 5.89. The molecule has 1 N–H and O–H groups in total. The first-order chi connectivity index (χ1) is 7.24. The third-order valence-electron chi connectivity index (χ3n) is 2.03. The number of nitrogens with one attached hydrogen (secondary N) is 1. The summed E-state index contributed by atoms with van der Waals surface area (Å²) in [5.74, 6) is 0.777. The van der Waals surface area contributed by atoms with E-state index in [4.69, 9.17) is 4.84 Å². The molecule has 0 saturated carbocycles. The van der Waals surface area contributed by atoms with Gasteiger partial charge in [-0.2, -0.15) is 0 Å². The molecule has 0 spiro atoms. The van der Waals surface area contributed by atoms with E-state index in [1.165, 1.54) is 6.42 Å². The first kappa shape index (κ1) is 14.0. The van der Waals surface area contributed by atoms with Crippen molar-refractivity contribution in [2.24, 2.45) is 5.16 Å². The van der Waals surface area contributed by atoms with E-state index in [0.29, 0.717) is 0 Å². The summed E-state index contributed by atoms with van der Waals surface area (Å²) in [4.78, 5) is 5.32. The van der Waals surface area contributed by atoms with E-state index in [1.807, 2.05) is 13.0 Å². The Morgan fingerprint density at radius 1 is 1.33 bits per heavy atom. The van der Waals surface area contributed by atoms with E-state index >= 15 is 0 Å². The summed E-state index contributed by atoms with van der Waals surface area (Å²) in [5, 5.41) is 7.26. The lowest BCUT2D eigenvalue weighted by molar-refractivity contribution is 0.201. The van der Waals surface area contributed by atoms with Crippen LogP contribution in [0.15, 0.2) is 17.1 Å². The molecule has 0 aromatic heterocycles. The van der Waals surface area contributed by atoms with Crippen LogP contribution in [0.3, 0.4) is 0 Å². The number of unbranched alkanes of at least 4 members (excludes halogenated alkanes) is 1. The van der Waals surface area contributed by atoms with Gasteiger partial charge in [-0.1, -0.05) is 32.3 Å². The van der Waals surface area contributed by atoms with E-state index in [9.17, 15) is 0 Å². The second-order valence-corrected chi connectivity index (χ2v) is 3.53. The van der Waals surface area contributed by atoms with Crippen molar-refractivity contribution in [3.05, 3.63) is 12.0 Å². The summed E-state index contributed by atoms with van der Waals surface area (Å²) in [5.41, 5.74) is 1.01. The first-order valence-corrected chi connectivity index (χ1v) is 5.89. The zero-order chi connectivity index (χ0) is 11.5. The summed E-state index contributed by atoms with van der Waals surface area (Å²) in [6, 6.07) is 0. The number of hydrogen-bond acceptors (Lipinski definition) is 3. The lowest BCUT2D eigenvalue weighted by Crippen LogP contribution is -2.16. The number of rotatable bonds is 8. The molecular formula is C12H24N2O. The fourth-order valence-electron chi connectivity index (χ4n) is 0.907. The van der Waals surface area contributed by atoms with E-state index < -0.39 is 0 Å². The van der Waals surface area contributed by atoms with Crippen LogP contribution in [0.1, 0.15) is 53.4 Å². The van der Waals surface area contributed by atoms with E-state index in [0.717, 1.165) is 37.4 Å². The molecule has 0 radical (unpaired) electrons. The molecular weight excluding hydrogens is 188 g/mol. The second kappa shape index (κ2) is 9.56. The number of nitrogens with zero attached hydrogens (tertiary/aromatic N) is 1. The molecule has 0 aromatic rings. The van der Waals surface area contributed by atoms with Gasteiger partial charge in [0.15, 0.2) is 0 Å². The van der Waals surface area contributed by atoms with Crippen LogP contribution in [0.5, 0.6) is 0 Å². The van der Waals surface area contributed by atoms with Crippen molar-refractivity contribution in [2.75, 3.05) is 6.54 Å². The van der Waals surface area contributed by atoms with Gasteiger partial charge in [-0.3, -0.25) is 0 Å². The molecule has 0 amide bonds.